The fraction of sp³-hybridized carbons (Fsp3) is 0.146. The number of benzene rings is 4. The lowest BCUT2D eigenvalue weighted by Crippen LogP contribution is -2.46. The number of amides is 2. The van der Waals surface area contributed by atoms with E-state index in [1.54, 1.807) is 36.7 Å². The number of esters is 1. The zero-order chi connectivity index (χ0) is 39.4. The summed E-state index contributed by atoms with van der Waals surface area (Å²) >= 11 is 0. The highest BCUT2D eigenvalue weighted by molar-refractivity contribution is 5.96. The second kappa shape index (κ2) is 16.0. The first-order valence-corrected chi connectivity index (χ1v) is 18.9. The van der Waals surface area contributed by atoms with Gasteiger partial charge in [0, 0.05) is 35.9 Å². The lowest BCUT2D eigenvalue weighted by atomic mass is 9.70. The van der Waals surface area contributed by atoms with E-state index in [0.29, 0.717) is 22.5 Å². The van der Waals surface area contributed by atoms with Crippen molar-refractivity contribution >= 4 is 40.2 Å². The van der Waals surface area contributed by atoms with Gasteiger partial charge in [-0.05, 0) is 69.0 Å². The van der Waals surface area contributed by atoms with Gasteiger partial charge >= 0.3 is 5.97 Å². The molecule has 0 spiro atoms. The number of carbonyl (C=O) groups excluding carboxylic acids is 3. The average Bonchev–Trinajstić information content (AvgIpc) is 3.79. The lowest BCUT2D eigenvalue weighted by molar-refractivity contribution is -0.138. The number of nitrogens with two attached hydrogens (primary N) is 1. The monoisotopic (exact) mass is 752 g/mol. The number of rotatable bonds is 12. The van der Waals surface area contributed by atoms with E-state index in [2.05, 4.69) is 10.3 Å². The number of pyridine rings is 2. The van der Waals surface area contributed by atoms with Crippen LogP contribution in [-0.2, 0) is 24.7 Å². The fourth-order valence-corrected chi connectivity index (χ4v) is 8.55. The van der Waals surface area contributed by atoms with Gasteiger partial charge in [0.2, 0.25) is 11.8 Å². The summed E-state index contributed by atoms with van der Waals surface area (Å²) in [5.41, 5.74) is 9.83. The number of nitrogens with one attached hydrogen (secondary N) is 1. The summed E-state index contributed by atoms with van der Waals surface area (Å²) in [4.78, 5) is 50.2. The van der Waals surface area contributed by atoms with Gasteiger partial charge in [-0.25, -0.2) is 4.79 Å². The standard InChI is InChI=1S/C48H40N4O5/c49-46(54)45-43(47(55)52-28-29-57-40(53)25-24-32-18-13-17-31-14-7-8-21-35(31)32)36-30-37(48(56,34-19-5-2-6-20-34)39-23-10-12-27-51-39)44(45)42(36)41(33-15-3-1-4-16-33)38-22-9-11-26-50-38/h1-27,30,36,43-45,56H,28-29H2,(H2,49,54)(H,52,55). The summed E-state index contributed by atoms with van der Waals surface area (Å²) in [6.07, 6.45) is 8.30. The van der Waals surface area contributed by atoms with Gasteiger partial charge in [-0.1, -0.05) is 121 Å². The van der Waals surface area contributed by atoms with Crippen LogP contribution >= 0.6 is 0 Å². The SMILES string of the molecule is NC(=O)C1C2C(C(O)(c3ccccc3)c3ccccn3)=CC(C2=C(c2ccccc2)c2ccccn2)C1C(=O)NCCOC(=O)C=Cc1cccc2ccccc12. The Morgan fingerprint density at radius 1 is 0.772 bits per heavy atom. The number of fused-ring (bicyclic) bond motifs is 3. The second-order valence-corrected chi connectivity index (χ2v) is 14.1. The molecule has 9 heteroatoms. The molecule has 5 unspecified atom stereocenters. The maximum Gasteiger partial charge on any atom is 0.330 e. The van der Waals surface area contributed by atoms with Gasteiger partial charge in [0.25, 0.3) is 0 Å². The average molecular weight is 753 g/mol. The molecular weight excluding hydrogens is 713 g/mol. The van der Waals surface area contributed by atoms with Crippen molar-refractivity contribution in [1.82, 2.24) is 15.3 Å². The van der Waals surface area contributed by atoms with Crippen molar-refractivity contribution in [3.05, 3.63) is 203 Å². The topological polar surface area (TPSA) is 145 Å². The first-order valence-electron chi connectivity index (χ1n) is 18.9. The molecule has 2 amide bonds. The summed E-state index contributed by atoms with van der Waals surface area (Å²) in [5, 5.41) is 18.0. The van der Waals surface area contributed by atoms with Crippen LogP contribution in [0.2, 0.25) is 0 Å². The Labute approximate surface area is 330 Å². The predicted octanol–water partition coefficient (Wildman–Crippen LogP) is 6.64. The van der Waals surface area contributed by atoms with Crippen LogP contribution in [0.15, 0.2) is 175 Å². The number of hydrogen-bond acceptors (Lipinski definition) is 7. The number of aliphatic hydroxyl groups is 1. The van der Waals surface area contributed by atoms with Crippen LogP contribution in [0, 0.1) is 23.7 Å². The molecule has 0 aliphatic heterocycles. The molecule has 4 aromatic carbocycles. The smallest absolute Gasteiger partial charge is 0.330 e. The number of carbonyl (C=O) groups is 3. The van der Waals surface area contributed by atoms with E-state index in [0.717, 1.165) is 33.0 Å². The second-order valence-electron chi connectivity index (χ2n) is 14.1. The Kier molecular flexibility index (Phi) is 10.4. The van der Waals surface area contributed by atoms with Crippen LogP contribution in [0.3, 0.4) is 0 Å². The zero-order valence-electron chi connectivity index (χ0n) is 30.9. The first-order chi connectivity index (χ1) is 27.9. The molecule has 0 radical (unpaired) electrons. The maximum absolute atomic E-state index is 14.4. The van der Waals surface area contributed by atoms with E-state index < -0.39 is 47.1 Å². The summed E-state index contributed by atoms with van der Waals surface area (Å²) in [6.45, 7) is -0.0811. The molecule has 4 N–H and O–H groups in total. The van der Waals surface area contributed by atoms with E-state index in [-0.39, 0.29) is 13.2 Å². The predicted molar refractivity (Wildman–Crippen MR) is 219 cm³/mol. The van der Waals surface area contributed by atoms with Crippen LogP contribution in [0.4, 0.5) is 0 Å². The zero-order valence-corrected chi connectivity index (χ0v) is 30.9. The number of allylic oxidation sites excluding steroid dienone is 2. The molecule has 57 heavy (non-hydrogen) atoms. The number of nitrogens with zero attached hydrogens (tertiary/aromatic N) is 2. The Balaban J connectivity index is 1.14. The molecule has 282 valence electrons. The van der Waals surface area contributed by atoms with Gasteiger partial charge in [-0.15, -0.1) is 0 Å². The number of primary amides is 1. The Morgan fingerprint density at radius 3 is 2.18 bits per heavy atom. The van der Waals surface area contributed by atoms with E-state index in [1.807, 2.05) is 127 Å². The summed E-state index contributed by atoms with van der Waals surface area (Å²) in [5.74, 6) is -5.09. The van der Waals surface area contributed by atoms with Crippen molar-refractivity contribution in [2.24, 2.45) is 29.4 Å². The Hall–Kier alpha value is -6.97. The van der Waals surface area contributed by atoms with E-state index in [4.69, 9.17) is 15.5 Å². The number of aromatic nitrogens is 2. The van der Waals surface area contributed by atoms with Gasteiger partial charge < -0.3 is 20.9 Å². The van der Waals surface area contributed by atoms with E-state index in [9.17, 15) is 19.5 Å². The fourth-order valence-electron chi connectivity index (χ4n) is 8.55. The van der Waals surface area contributed by atoms with E-state index >= 15 is 0 Å². The largest absolute Gasteiger partial charge is 0.461 e. The third-order valence-electron chi connectivity index (χ3n) is 10.9. The molecule has 2 bridgehead atoms. The molecule has 2 heterocycles. The minimum atomic E-state index is -1.78. The molecule has 1 saturated carbocycles. The highest BCUT2D eigenvalue weighted by Crippen LogP contribution is 2.62. The van der Waals surface area contributed by atoms with Gasteiger partial charge in [0.1, 0.15) is 6.61 Å². The van der Waals surface area contributed by atoms with Gasteiger partial charge in [0.05, 0.1) is 29.8 Å². The van der Waals surface area contributed by atoms with Crippen molar-refractivity contribution < 1.29 is 24.2 Å². The molecule has 2 aromatic heterocycles. The van der Waals surface area contributed by atoms with Crippen LogP contribution in [0.1, 0.15) is 28.1 Å². The molecule has 6 aromatic rings. The lowest BCUT2D eigenvalue weighted by Gasteiger charge is -2.37. The number of hydrogen-bond donors (Lipinski definition) is 3. The molecule has 0 saturated heterocycles. The first kappa shape index (κ1) is 37.0. The van der Waals surface area contributed by atoms with Gasteiger partial charge in [0.15, 0.2) is 5.60 Å². The normalized spacial score (nSPS) is 20.5. The van der Waals surface area contributed by atoms with Crippen LogP contribution in [0.25, 0.3) is 22.4 Å². The summed E-state index contributed by atoms with van der Waals surface area (Å²) in [7, 11) is 0. The van der Waals surface area contributed by atoms with Crippen molar-refractivity contribution in [1.29, 1.82) is 0 Å². The molecule has 5 atom stereocenters. The van der Waals surface area contributed by atoms with Gasteiger partial charge in [-0.2, -0.15) is 0 Å². The molecule has 8 rings (SSSR count). The molecule has 2 aliphatic carbocycles. The van der Waals surface area contributed by atoms with Crippen molar-refractivity contribution in [2.75, 3.05) is 13.2 Å². The summed E-state index contributed by atoms with van der Waals surface area (Å²) in [6, 6.07) is 43.6. The molecule has 1 fully saturated rings. The highest BCUT2D eigenvalue weighted by atomic mass is 16.5. The minimum absolute atomic E-state index is 0.00927. The highest BCUT2D eigenvalue weighted by Gasteiger charge is 2.61. The minimum Gasteiger partial charge on any atom is -0.461 e. The van der Waals surface area contributed by atoms with Crippen molar-refractivity contribution in [2.45, 2.75) is 5.60 Å². The van der Waals surface area contributed by atoms with Crippen molar-refractivity contribution in [3.63, 3.8) is 0 Å². The maximum atomic E-state index is 14.4. The summed E-state index contributed by atoms with van der Waals surface area (Å²) < 4.78 is 5.46. The van der Waals surface area contributed by atoms with Gasteiger partial charge in [-0.3, -0.25) is 19.6 Å². The quantitative estimate of drug-likeness (QED) is 0.0550. The van der Waals surface area contributed by atoms with E-state index in [1.165, 1.54) is 6.08 Å². The van der Waals surface area contributed by atoms with Crippen LogP contribution < -0.4 is 11.1 Å². The van der Waals surface area contributed by atoms with Crippen LogP contribution in [0.5, 0.6) is 0 Å². The third kappa shape index (κ3) is 7.05. The molecule has 9 nitrogen and oxygen atoms in total. The van der Waals surface area contributed by atoms with Crippen LogP contribution in [-0.4, -0.2) is 46.0 Å². The third-order valence-corrected chi connectivity index (χ3v) is 10.9. The molecule has 2 aliphatic rings. The Morgan fingerprint density at radius 2 is 1.46 bits per heavy atom. The Bertz CT molecular complexity index is 2430. The number of ether oxygens (including phenoxy) is 1. The van der Waals surface area contributed by atoms with Crippen molar-refractivity contribution in [3.8, 4) is 0 Å². The molecular formula is C48H40N4O5.